The van der Waals surface area contributed by atoms with E-state index in [0.29, 0.717) is 17.9 Å². The number of hydrogen-bond donors (Lipinski definition) is 0. The van der Waals surface area contributed by atoms with Crippen LogP contribution in [0.5, 0.6) is 11.5 Å². The fraction of sp³-hybridized carbons (Fsp3) is 0.750. The summed E-state index contributed by atoms with van der Waals surface area (Å²) in [7, 11) is 0. The molecule has 1 aromatic carbocycles. The summed E-state index contributed by atoms with van der Waals surface area (Å²) in [5, 5.41) is 0. The molecule has 0 unspecified atom stereocenters. The van der Waals surface area contributed by atoms with Gasteiger partial charge in [-0.05, 0) is 31.4 Å². The van der Waals surface area contributed by atoms with Crippen LogP contribution in [-0.2, 0) is 0 Å². The number of ether oxygens (including phenoxy) is 2. The first kappa shape index (κ1) is 27.5. The molecule has 3 heteroatoms. The maximum absolute atomic E-state index is 11.5. The third-order valence-electron chi connectivity index (χ3n) is 5.96. The Morgan fingerprint density at radius 2 is 1.10 bits per heavy atom. The second-order valence-electron chi connectivity index (χ2n) is 8.92. The molecule has 0 bridgehead atoms. The number of hydrogen-bond acceptors (Lipinski definition) is 3. The predicted octanol–water partition coefficient (Wildman–Crippen LogP) is 8.85. The number of carbonyl (C=O) groups excluding carboxylic acids is 1. The molecule has 0 saturated carbocycles. The first-order valence-corrected chi connectivity index (χ1v) is 13.1. The number of benzene rings is 1. The van der Waals surface area contributed by atoms with Gasteiger partial charge in [-0.15, -0.1) is 0 Å². The summed E-state index contributed by atoms with van der Waals surface area (Å²) in [6.45, 7) is 7.86. The van der Waals surface area contributed by atoms with Crippen molar-refractivity contribution >= 4 is 6.29 Å². The maximum atomic E-state index is 11.5. The minimum absolute atomic E-state index is 0.652. The minimum atomic E-state index is 0.652. The highest BCUT2D eigenvalue weighted by atomic mass is 16.5. The summed E-state index contributed by atoms with van der Waals surface area (Å²) >= 11 is 0. The zero-order valence-corrected chi connectivity index (χ0v) is 20.7. The first-order chi connectivity index (χ1) is 15.2. The van der Waals surface area contributed by atoms with Gasteiger partial charge in [0.25, 0.3) is 0 Å². The van der Waals surface area contributed by atoms with Crippen LogP contribution in [0.4, 0.5) is 0 Å². The predicted molar refractivity (Wildman–Crippen MR) is 133 cm³/mol. The molecule has 0 aliphatic rings. The molecule has 1 rings (SSSR count). The van der Waals surface area contributed by atoms with E-state index < -0.39 is 0 Å². The van der Waals surface area contributed by atoms with Gasteiger partial charge in [-0.3, -0.25) is 4.79 Å². The molecule has 0 aliphatic carbocycles. The van der Waals surface area contributed by atoms with E-state index in [2.05, 4.69) is 13.8 Å². The Morgan fingerprint density at radius 1 is 0.645 bits per heavy atom. The van der Waals surface area contributed by atoms with Gasteiger partial charge in [0, 0.05) is 6.07 Å². The van der Waals surface area contributed by atoms with Crippen molar-refractivity contribution in [2.24, 2.45) is 0 Å². The Balaban J connectivity index is 2.28. The fourth-order valence-electron chi connectivity index (χ4n) is 3.93. The lowest BCUT2D eigenvalue weighted by atomic mass is 10.1. The van der Waals surface area contributed by atoms with E-state index >= 15 is 0 Å². The van der Waals surface area contributed by atoms with E-state index in [4.69, 9.17) is 9.47 Å². The Kier molecular flexibility index (Phi) is 17.0. The summed E-state index contributed by atoms with van der Waals surface area (Å²) in [5.41, 5.74) is 1.58. The highest BCUT2D eigenvalue weighted by molar-refractivity contribution is 5.82. The van der Waals surface area contributed by atoms with Crippen LogP contribution in [0.2, 0.25) is 0 Å². The van der Waals surface area contributed by atoms with Crippen LogP contribution in [-0.4, -0.2) is 19.5 Å². The number of carbonyl (C=O) groups is 1. The molecule has 3 nitrogen and oxygen atoms in total. The molecule has 1 aromatic rings. The molecule has 0 amide bonds. The highest BCUT2D eigenvalue weighted by Gasteiger charge is 2.10. The average molecular weight is 433 g/mol. The molecule has 0 spiro atoms. The molecular formula is C28H48O3. The van der Waals surface area contributed by atoms with E-state index in [1.165, 1.54) is 89.9 Å². The number of rotatable bonds is 21. The van der Waals surface area contributed by atoms with Crippen molar-refractivity contribution in [2.75, 3.05) is 13.2 Å². The van der Waals surface area contributed by atoms with E-state index in [1.54, 1.807) is 0 Å². The summed E-state index contributed by atoms with van der Waals surface area (Å²) < 4.78 is 11.9. The van der Waals surface area contributed by atoms with Crippen LogP contribution in [0.3, 0.4) is 0 Å². The van der Waals surface area contributed by atoms with Crippen molar-refractivity contribution in [1.29, 1.82) is 0 Å². The largest absolute Gasteiger partial charge is 0.493 e. The SMILES string of the molecule is CCCCCCCCCCOc1cc(C)c(C=O)c(OCCCCCCCCCC)c1. The van der Waals surface area contributed by atoms with Gasteiger partial charge in [0.2, 0.25) is 0 Å². The van der Waals surface area contributed by atoms with E-state index in [-0.39, 0.29) is 0 Å². The van der Waals surface area contributed by atoms with Gasteiger partial charge < -0.3 is 9.47 Å². The minimum Gasteiger partial charge on any atom is -0.493 e. The zero-order valence-electron chi connectivity index (χ0n) is 20.7. The molecule has 0 aliphatic heterocycles. The average Bonchev–Trinajstić information content (AvgIpc) is 2.76. The Bertz CT molecular complexity index is 568. The van der Waals surface area contributed by atoms with Gasteiger partial charge in [0.1, 0.15) is 11.5 Å². The van der Waals surface area contributed by atoms with Crippen molar-refractivity contribution < 1.29 is 14.3 Å². The molecule has 0 N–H and O–H groups in total. The van der Waals surface area contributed by atoms with Crippen molar-refractivity contribution in [1.82, 2.24) is 0 Å². The second-order valence-corrected chi connectivity index (χ2v) is 8.92. The Labute approximate surface area is 192 Å². The molecule has 0 atom stereocenters. The maximum Gasteiger partial charge on any atom is 0.154 e. The highest BCUT2D eigenvalue weighted by Crippen LogP contribution is 2.28. The van der Waals surface area contributed by atoms with E-state index in [9.17, 15) is 4.79 Å². The molecule has 0 fully saturated rings. The van der Waals surface area contributed by atoms with Gasteiger partial charge in [0.15, 0.2) is 6.29 Å². The quantitative estimate of drug-likeness (QED) is 0.144. The third-order valence-corrected chi connectivity index (χ3v) is 5.96. The molecule has 178 valence electrons. The summed E-state index contributed by atoms with van der Waals surface area (Å²) in [4.78, 5) is 11.5. The molecular weight excluding hydrogens is 384 g/mol. The van der Waals surface area contributed by atoms with Gasteiger partial charge in [-0.25, -0.2) is 0 Å². The van der Waals surface area contributed by atoms with Crippen LogP contribution in [0, 0.1) is 6.92 Å². The topological polar surface area (TPSA) is 35.5 Å². The molecule has 0 radical (unpaired) electrons. The Hall–Kier alpha value is -1.51. The van der Waals surface area contributed by atoms with Gasteiger partial charge in [-0.1, -0.05) is 104 Å². The monoisotopic (exact) mass is 432 g/mol. The number of aldehydes is 1. The molecule has 0 aromatic heterocycles. The third kappa shape index (κ3) is 13.5. The van der Waals surface area contributed by atoms with Crippen molar-refractivity contribution in [3.8, 4) is 11.5 Å². The normalized spacial score (nSPS) is 10.9. The van der Waals surface area contributed by atoms with Crippen molar-refractivity contribution in [2.45, 2.75) is 124 Å². The molecule has 31 heavy (non-hydrogen) atoms. The summed E-state index contributed by atoms with van der Waals surface area (Å²) in [5.74, 6) is 1.49. The summed E-state index contributed by atoms with van der Waals surface area (Å²) in [6, 6.07) is 3.85. The van der Waals surface area contributed by atoms with E-state index in [0.717, 1.165) is 37.0 Å². The van der Waals surface area contributed by atoms with E-state index in [1.807, 2.05) is 19.1 Å². The van der Waals surface area contributed by atoms with Crippen LogP contribution in [0.1, 0.15) is 133 Å². The van der Waals surface area contributed by atoms with Crippen LogP contribution >= 0.6 is 0 Å². The van der Waals surface area contributed by atoms with Crippen LogP contribution in [0.25, 0.3) is 0 Å². The van der Waals surface area contributed by atoms with Crippen molar-refractivity contribution in [3.63, 3.8) is 0 Å². The van der Waals surface area contributed by atoms with Crippen LogP contribution < -0.4 is 9.47 Å². The lowest BCUT2D eigenvalue weighted by molar-refractivity contribution is 0.111. The lowest BCUT2D eigenvalue weighted by Crippen LogP contribution is -2.04. The zero-order chi connectivity index (χ0) is 22.6. The van der Waals surface area contributed by atoms with Gasteiger partial charge >= 0.3 is 0 Å². The second kappa shape index (κ2) is 19.2. The van der Waals surface area contributed by atoms with Crippen molar-refractivity contribution in [3.05, 3.63) is 23.3 Å². The molecule has 0 saturated heterocycles. The van der Waals surface area contributed by atoms with Gasteiger partial charge in [-0.2, -0.15) is 0 Å². The lowest BCUT2D eigenvalue weighted by Gasteiger charge is -2.14. The molecule has 0 heterocycles. The number of unbranched alkanes of at least 4 members (excludes halogenated alkanes) is 14. The fourth-order valence-corrected chi connectivity index (χ4v) is 3.93. The van der Waals surface area contributed by atoms with Crippen LogP contribution in [0.15, 0.2) is 12.1 Å². The standard InChI is InChI=1S/C28H48O3/c1-4-6-8-10-12-14-16-18-20-30-26-22-25(3)27(24-29)28(23-26)31-21-19-17-15-13-11-9-7-5-2/h22-24H,4-21H2,1-3H3. The smallest absolute Gasteiger partial charge is 0.154 e. The Morgan fingerprint density at radius 3 is 1.58 bits per heavy atom. The first-order valence-electron chi connectivity index (χ1n) is 13.1. The number of aryl methyl sites for hydroxylation is 1. The summed E-state index contributed by atoms with van der Waals surface area (Å²) in [6.07, 6.45) is 21.4. The van der Waals surface area contributed by atoms with Gasteiger partial charge in [0.05, 0.1) is 18.8 Å².